The van der Waals surface area contributed by atoms with E-state index >= 15 is 0 Å². The van der Waals surface area contributed by atoms with E-state index in [4.69, 9.17) is 9.47 Å². The van der Waals surface area contributed by atoms with E-state index in [1.807, 2.05) is 78.9 Å². The molecular weight excluding hydrogens is 516 g/mol. The first-order valence-corrected chi connectivity index (χ1v) is 12.1. The number of carbonyl (C=O) groups is 1. The third-order valence-electron chi connectivity index (χ3n) is 5.21. The van der Waals surface area contributed by atoms with Gasteiger partial charge in [-0.15, -0.1) is 0 Å². The fourth-order valence-corrected chi connectivity index (χ4v) is 3.59. The molecule has 36 heavy (non-hydrogen) atoms. The molecule has 0 aliphatic carbocycles. The summed E-state index contributed by atoms with van der Waals surface area (Å²) in [6, 6.07) is 34.0. The first-order valence-electron chi connectivity index (χ1n) is 11.3. The molecule has 5 nitrogen and oxygen atoms in total. The summed E-state index contributed by atoms with van der Waals surface area (Å²) in [5, 5.41) is 12.3. The zero-order valence-corrected chi connectivity index (χ0v) is 20.9. The number of benzene rings is 4. The minimum absolute atomic E-state index is 0.00976. The third-order valence-corrected chi connectivity index (χ3v) is 5.74. The molecule has 0 aliphatic heterocycles. The molecule has 6 heteroatoms. The highest BCUT2D eigenvalue weighted by Crippen LogP contribution is 2.20. The quantitative estimate of drug-likeness (QED) is 0.181. The monoisotopic (exact) mass is 538 g/mol. The first kappa shape index (κ1) is 24.8. The number of ether oxygens (including phenoxy) is 2. The number of halogens is 1. The summed E-state index contributed by atoms with van der Waals surface area (Å²) in [5.74, 6) is 0.847. The minimum Gasteiger partial charge on any atom is -0.489 e. The Morgan fingerprint density at radius 2 is 1.47 bits per heavy atom. The number of rotatable bonds is 9. The number of anilines is 1. The molecule has 4 rings (SSSR count). The molecule has 0 fully saturated rings. The summed E-state index contributed by atoms with van der Waals surface area (Å²) >= 11 is 3.42. The SMILES string of the molecule is N#C/C(=C/c1cccc(OCc2ccc(Br)cc2)c1)C(=O)Nc1ccc(OCc2ccccc2)cc1. The average molecular weight is 539 g/mol. The maximum absolute atomic E-state index is 12.7. The number of hydrogen-bond donors (Lipinski definition) is 1. The maximum Gasteiger partial charge on any atom is 0.266 e. The predicted molar refractivity (Wildman–Crippen MR) is 144 cm³/mol. The van der Waals surface area contributed by atoms with Crippen LogP contribution in [0.2, 0.25) is 0 Å². The summed E-state index contributed by atoms with van der Waals surface area (Å²) in [6.07, 6.45) is 1.54. The number of amides is 1. The number of hydrogen-bond acceptors (Lipinski definition) is 4. The van der Waals surface area contributed by atoms with Gasteiger partial charge in [0.1, 0.15) is 36.4 Å². The van der Waals surface area contributed by atoms with Gasteiger partial charge in [-0.1, -0.05) is 70.5 Å². The van der Waals surface area contributed by atoms with Gasteiger partial charge in [-0.2, -0.15) is 5.26 Å². The smallest absolute Gasteiger partial charge is 0.266 e. The van der Waals surface area contributed by atoms with Crippen molar-refractivity contribution < 1.29 is 14.3 Å². The van der Waals surface area contributed by atoms with Crippen molar-refractivity contribution in [1.82, 2.24) is 0 Å². The normalized spacial score (nSPS) is 10.8. The number of nitrogens with one attached hydrogen (secondary N) is 1. The highest BCUT2D eigenvalue weighted by Gasteiger charge is 2.10. The average Bonchev–Trinajstić information content (AvgIpc) is 2.92. The van der Waals surface area contributed by atoms with Crippen molar-refractivity contribution in [3.63, 3.8) is 0 Å². The van der Waals surface area contributed by atoms with Crippen LogP contribution in [0.1, 0.15) is 16.7 Å². The maximum atomic E-state index is 12.7. The van der Waals surface area contributed by atoms with Gasteiger partial charge >= 0.3 is 0 Å². The standard InChI is InChI=1S/C30H23BrN2O3/c31-26-11-9-23(10-12-26)21-36-29-8-4-7-24(18-29)17-25(19-32)30(34)33-27-13-15-28(16-14-27)35-20-22-5-2-1-3-6-22/h1-18H,20-21H2,(H,33,34)/b25-17-. The lowest BCUT2D eigenvalue weighted by atomic mass is 10.1. The molecule has 0 bridgehead atoms. The molecule has 0 aliphatic rings. The van der Waals surface area contributed by atoms with Gasteiger partial charge in [-0.25, -0.2) is 0 Å². The Morgan fingerprint density at radius 3 is 2.17 bits per heavy atom. The second-order valence-electron chi connectivity index (χ2n) is 7.91. The van der Waals surface area contributed by atoms with Crippen molar-refractivity contribution in [2.45, 2.75) is 13.2 Å². The van der Waals surface area contributed by atoms with Crippen LogP contribution < -0.4 is 14.8 Å². The number of nitriles is 1. The molecule has 0 unspecified atom stereocenters. The highest BCUT2D eigenvalue weighted by atomic mass is 79.9. The lowest BCUT2D eigenvalue weighted by Crippen LogP contribution is -2.13. The molecule has 1 N–H and O–H groups in total. The van der Waals surface area contributed by atoms with Gasteiger partial charge in [0.2, 0.25) is 0 Å². The van der Waals surface area contributed by atoms with Crippen LogP contribution in [0, 0.1) is 11.3 Å². The summed E-state index contributed by atoms with van der Waals surface area (Å²) < 4.78 is 12.6. The van der Waals surface area contributed by atoms with Crippen molar-refractivity contribution in [1.29, 1.82) is 5.26 Å². The molecule has 4 aromatic rings. The van der Waals surface area contributed by atoms with Gasteiger partial charge in [0.05, 0.1) is 0 Å². The Bertz CT molecular complexity index is 1380. The second-order valence-corrected chi connectivity index (χ2v) is 8.83. The Kier molecular flexibility index (Phi) is 8.53. The highest BCUT2D eigenvalue weighted by molar-refractivity contribution is 9.10. The van der Waals surface area contributed by atoms with E-state index in [-0.39, 0.29) is 5.57 Å². The summed E-state index contributed by atoms with van der Waals surface area (Å²) in [7, 11) is 0. The Balaban J connectivity index is 1.35. The summed E-state index contributed by atoms with van der Waals surface area (Å²) in [4.78, 5) is 12.7. The molecule has 0 radical (unpaired) electrons. The largest absolute Gasteiger partial charge is 0.489 e. The van der Waals surface area contributed by atoms with Gasteiger partial charge in [0.15, 0.2) is 0 Å². The number of nitrogens with zero attached hydrogens (tertiary/aromatic N) is 1. The molecule has 178 valence electrons. The van der Waals surface area contributed by atoms with Crippen LogP contribution >= 0.6 is 15.9 Å². The third kappa shape index (κ3) is 7.33. The van der Waals surface area contributed by atoms with Crippen molar-refractivity contribution in [2.24, 2.45) is 0 Å². The van der Waals surface area contributed by atoms with Crippen molar-refractivity contribution in [3.05, 3.63) is 130 Å². The molecular formula is C30H23BrN2O3. The predicted octanol–water partition coefficient (Wildman–Crippen LogP) is 7.15. The Morgan fingerprint density at radius 1 is 0.806 bits per heavy atom. The van der Waals surface area contributed by atoms with Crippen molar-refractivity contribution in [2.75, 3.05) is 5.32 Å². The zero-order valence-electron chi connectivity index (χ0n) is 19.4. The number of carbonyl (C=O) groups excluding carboxylic acids is 1. The van der Waals surface area contributed by atoms with Gasteiger partial charge in [0.25, 0.3) is 5.91 Å². The van der Waals surface area contributed by atoms with Gasteiger partial charge in [0, 0.05) is 10.2 Å². The van der Waals surface area contributed by atoms with E-state index in [0.29, 0.717) is 36.0 Å². The molecule has 1 amide bonds. The molecule has 4 aromatic carbocycles. The van der Waals surface area contributed by atoms with Crippen molar-refractivity contribution >= 4 is 33.6 Å². The van der Waals surface area contributed by atoms with Gasteiger partial charge in [-0.05, 0) is 71.3 Å². The van der Waals surface area contributed by atoms with Crippen LogP contribution in [-0.4, -0.2) is 5.91 Å². The fourth-order valence-electron chi connectivity index (χ4n) is 3.33. The van der Waals surface area contributed by atoms with Crippen LogP contribution in [0.25, 0.3) is 6.08 Å². The van der Waals surface area contributed by atoms with Crippen LogP contribution in [0.15, 0.2) is 113 Å². The van der Waals surface area contributed by atoms with E-state index in [2.05, 4.69) is 21.2 Å². The summed E-state index contributed by atoms with van der Waals surface area (Å²) in [5.41, 5.74) is 3.36. The van der Waals surface area contributed by atoms with Crippen molar-refractivity contribution in [3.8, 4) is 17.6 Å². The van der Waals surface area contributed by atoms with Crippen LogP contribution in [-0.2, 0) is 18.0 Å². The Hall–Kier alpha value is -4.34. The molecule has 0 saturated heterocycles. The fraction of sp³-hybridized carbons (Fsp3) is 0.0667. The van der Waals surface area contributed by atoms with Gasteiger partial charge < -0.3 is 14.8 Å². The second kappa shape index (κ2) is 12.4. The van der Waals surface area contributed by atoms with E-state index in [9.17, 15) is 10.1 Å². The van der Waals surface area contributed by atoms with Gasteiger partial charge in [-0.3, -0.25) is 4.79 Å². The van der Waals surface area contributed by atoms with Crippen LogP contribution in [0.3, 0.4) is 0 Å². The molecule has 0 aromatic heterocycles. The molecule has 0 spiro atoms. The van der Waals surface area contributed by atoms with E-state index in [0.717, 1.165) is 15.6 Å². The van der Waals surface area contributed by atoms with Crippen LogP contribution in [0.5, 0.6) is 11.5 Å². The molecule has 0 atom stereocenters. The topological polar surface area (TPSA) is 71.3 Å². The lowest BCUT2D eigenvalue weighted by molar-refractivity contribution is -0.112. The van der Waals surface area contributed by atoms with E-state index in [1.54, 1.807) is 36.4 Å². The lowest BCUT2D eigenvalue weighted by Gasteiger charge is -2.09. The zero-order chi connectivity index (χ0) is 25.2. The summed E-state index contributed by atoms with van der Waals surface area (Å²) in [6.45, 7) is 0.872. The van der Waals surface area contributed by atoms with E-state index < -0.39 is 5.91 Å². The first-order chi connectivity index (χ1) is 17.6. The molecule has 0 heterocycles. The van der Waals surface area contributed by atoms with Crippen LogP contribution in [0.4, 0.5) is 5.69 Å². The molecule has 0 saturated carbocycles. The Labute approximate surface area is 218 Å². The minimum atomic E-state index is -0.489. The van der Waals surface area contributed by atoms with E-state index in [1.165, 1.54) is 0 Å².